The molecule has 0 spiro atoms. The average molecular weight is 230 g/mol. The van der Waals surface area contributed by atoms with Crippen LogP contribution in [0.4, 0.5) is 0 Å². The minimum atomic E-state index is -2.98. The zero-order valence-electron chi connectivity index (χ0n) is 8.98. The lowest BCUT2D eigenvalue weighted by molar-refractivity contribution is 0.261. The number of rotatable bonds is 5. The van der Waals surface area contributed by atoms with Crippen molar-refractivity contribution in [1.82, 2.24) is 4.90 Å². The van der Waals surface area contributed by atoms with Crippen molar-refractivity contribution in [2.24, 2.45) is 0 Å². The quantitative estimate of drug-likeness (QED) is 0.665. The van der Waals surface area contributed by atoms with E-state index in [1.54, 1.807) is 0 Å². The molecule has 1 aliphatic heterocycles. The van der Waals surface area contributed by atoms with E-state index in [2.05, 4.69) is 0 Å². The van der Waals surface area contributed by atoms with Crippen LogP contribution in [0, 0.1) is 11.3 Å². The van der Waals surface area contributed by atoms with Crippen molar-refractivity contribution in [2.45, 2.75) is 32.1 Å². The summed E-state index contributed by atoms with van der Waals surface area (Å²) in [6.45, 7) is 1.80. The van der Waals surface area contributed by atoms with Crippen LogP contribution >= 0.6 is 0 Å². The molecular weight excluding hydrogens is 212 g/mol. The minimum Gasteiger partial charge on any atom is -0.290 e. The summed E-state index contributed by atoms with van der Waals surface area (Å²) in [6, 6.07) is 1.97. The van der Waals surface area contributed by atoms with Crippen LogP contribution < -0.4 is 0 Å². The van der Waals surface area contributed by atoms with Gasteiger partial charge < -0.3 is 0 Å². The van der Waals surface area contributed by atoms with Crippen molar-refractivity contribution >= 4 is 9.84 Å². The number of hydrogen-bond donors (Lipinski definition) is 0. The van der Waals surface area contributed by atoms with Crippen molar-refractivity contribution in [3.8, 4) is 6.07 Å². The third kappa shape index (κ3) is 5.14. The van der Waals surface area contributed by atoms with E-state index in [1.165, 1.54) is 6.42 Å². The number of nitriles is 1. The first kappa shape index (κ1) is 12.5. The van der Waals surface area contributed by atoms with Crippen LogP contribution in [0.15, 0.2) is 0 Å². The van der Waals surface area contributed by atoms with Crippen LogP contribution in [0.5, 0.6) is 0 Å². The van der Waals surface area contributed by atoms with E-state index in [9.17, 15) is 8.42 Å². The topological polar surface area (TPSA) is 61.2 Å². The van der Waals surface area contributed by atoms with Crippen LogP contribution in [0.2, 0.25) is 0 Å². The van der Waals surface area contributed by atoms with Crippen molar-refractivity contribution < 1.29 is 8.42 Å². The summed E-state index contributed by atoms with van der Waals surface area (Å²) in [6.07, 6.45) is 4.22. The van der Waals surface area contributed by atoms with Gasteiger partial charge in [0.15, 0.2) is 9.84 Å². The molecule has 0 aromatic rings. The Balaban J connectivity index is 2.31. The Labute approximate surface area is 91.8 Å². The highest BCUT2D eigenvalue weighted by Gasteiger charge is 2.18. The molecule has 1 fully saturated rings. The van der Waals surface area contributed by atoms with Gasteiger partial charge >= 0.3 is 0 Å². The highest BCUT2D eigenvalue weighted by Crippen LogP contribution is 2.10. The lowest BCUT2D eigenvalue weighted by Crippen LogP contribution is -2.35. The SMILES string of the molecule is N#CCCCS(=O)(=O)CN1CCCCC1. The molecule has 1 saturated heterocycles. The summed E-state index contributed by atoms with van der Waals surface area (Å²) in [5.74, 6) is 0.329. The molecule has 0 aromatic carbocycles. The van der Waals surface area contributed by atoms with Crippen LogP contribution in [0.25, 0.3) is 0 Å². The van der Waals surface area contributed by atoms with Crippen LogP contribution in [0.3, 0.4) is 0 Å². The molecule has 0 amide bonds. The molecule has 1 aliphatic rings. The van der Waals surface area contributed by atoms with E-state index in [1.807, 2.05) is 11.0 Å². The van der Waals surface area contributed by atoms with Gasteiger partial charge in [0.2, 0.25) is 0 Å². The number of unbranched alkanes of at least 4 members (excludes halogenated alkanes) is 1. The van der Waals surface area contributed by atoms with Gasteiger partial charge in [0, 0.05) is 6.42 Å². The lowest BCUT2D eigenvalue weighted by atomic mass is 10.1. The summed E-state index contributed by atoms with van der Waals surface area (Å²) < 4.78 is 23.2. The second kappa shape index (κ2) is 6.09. The molecule has 15 heavy (non-hydrogen) atoms. The molecule has 0 aromatic heterocycles. The Kier molecular flexibility index (Phi) is 5.06. The molecule has 4 nitrogen and oxygen atoms in total. The molecule has 1 heterocycles. The fourth-order valence-electron chi connectivity index (χ4n) is 1.80. The van der Waals surface area contributed by atoms with Crippen molar-refractivity contribution in [2.75, 3.05) is 24.7 Å². The number of piperidine rings is 1. The van der Waals surface area contributed by atoms with Crippen molar-refractivity contribution in [3.63, 3.8) is 0 Å². The molecule has 86 valence electrons. The van der Waals surface area contributed by atoms with Gasteiger partial charge in [-0.2, -0.15) is 5.26 Å². The van der Waals surface area contributed by atoms with Crippen LogP contribution in [-0.2, 0) is 9.84 Å². The summed E-state index contributed by atoms with van der Waals surface area (Å²) in [4.78, 5) is 2.01. The Bertz CT molecular complexity index is 313. The lowest BCUT2D eigenvalue weighted by Gasteiger charge is -2.25. The van der Waals surface area contributed by atoms with Gasteiger partial charge in [-0.25, -0.2) is 8.42 Å². The van der Waals surface area contributed by atoms with Gasteiger partial charge in [-0.3, -0.25) is 4.90 Å². The Morgan fingerprint density at radius 1 is 1.20 bits per heavy atom. The third-order valence-corrected chi connectivity index (χ3v) is 4.24. The standard InChI is InChI=1S/C10H18N2O2S/c11-6-2-5-9-15(13,14)10-12-7-3-1-4-8-12/h1-5,7-10H2. The molecule has 5 heteroatoms. The maximum atomic E-state index is 11.6. The van der Waals surface area contributed by atoms with E-state index in [0.29, 0.717) is 12.8 Å². The molecule has 0 radical (unpaired) electrons. The fourth-order valence-corrected chi connectivity index (χ4v) is 3.33. The summed E-state index contributed by atoms with van der Waals surface area (Å²) in [5.41, 5.74) is 0. The molecule has 0 unspecified atom stereocenters. The second-order valence-electron chi connectivity index (χ2n) is 4.02. The van der Waals surface area contributed by atoms with Gasteiger partial charge in [-0.05, 0) is 32.4 Å². The van der Waals surface area contributed by atoms with Crippen molar-refractivity contribution in [3.05, 3.63) is 0 Å². The Morgan fingerprint density at radius 3 is 2.47 bits per heavy atom. The Morgan fingerprint density at radius 2 is 1.87 bits per heavy atom. The third-order valence-electron chi connectivity index (χ3n) is 2.57. The maximum absolute atomic E-state index is 11.6. The summed E-state index contributed by atoms with van der Waals surface area (Å²) in [7, 11) is -2.98. The number of nitrogens with zero attached hydrogens (tertiary/aromatic N) is 2. The van der Waals surface area contributed by atoms with Gasteiger partial charge in [-0.15, -0.1) is 0 Å². The smallest absolute Gasteiger partial charge is 0.163 e. The maximum Gasteiger partial charge on any atom is 0.163 e. The molecule has 0 bridgehead atoms. The first-order valence-corrected chi connectivity index (χ1v) is 7.26. The fraction of sp³-hybridized carbons (Fsp3) is 0.900. The Hall–Kier alpha value is -0.600. The molecule has 1 rings (SSSR count). The van der Waals surface area contributed by atoms with E-state index in [-0.39, 0.29) is 11.6 Å². The molecule has 0 aliphatic carbocycles. The highest BCUT2D eigenvalue weighted by molar-refractivity contribution is 7.91. The van der Waals surface area contributed by atoms with Gasteiger partial charge in [0.1, 0.15) is 5.88 Å². The monoisotopic (exact) mass is 230 g/mol. The zero-order chi connectivity index (χ0) is 11.1. The van der Waals surface area contributed by atoms with Gasteiger partial charge in [-0.1, -0.05) is 6.42 Å². The summed E-state index contributed by atoms with van der Waals surface area (Å²) >= 11 is 0. The molecular formula is C10H18N2O2S. The first-order valence-electron chi connectivity index (χ1n) is 5.44. The first-order chi connectivity index (χ1) is 7.14. The van der Waals surface area contributed by atoms with E-state index in [0.717, 1.165) is 25.9 Å². The van der Waals surface area contributed by atoms with Crippen LogP contribution in [-0.4, -0.2) is 38.0 Å². The second-order valence-corrected chi connectivity index (χ2v) is 6.17. The van der Waals surface area contributed by atoms with E-state index >= 15 is 0 Å². The number of sulfone groups is 1. The largest absolute Gasteiger partial charge is 0.290 e. The van der Waals surface area contributed by atoms with Crippen LogP contribution in [0.1, 0.15) is 32.1 Å². The van der Waals surface area contributed by atoms with Gasteiger partial charge in [0.05, 0.1) is 11.8 Å². The molecule has 0 atom stereocenters. The highest BCUT2D eigenvalue weighted by atomic mass is 32.2. The summed E-state index contributed by atoms with van der Waals surface area (Å²) in [5, 5.41) is 8.33. The number of hydrogen-bond acceptors (Lipinski definition) is 4. The van der Waals surface area contributed by atoms with Crippen molar-refractivity contribution in [1.29, 1.82) is 5.26 Å². The average Bonchev–Trinajstić information content (AvgIpc) is 2.18. The van der Waals surface area contributed by atoms with Gasteiger partial charge in [0.25, 0.3) is 0 Å². The zero-order valence-corrected chi connectivity index (χ0v) is 9.80. The number of likely N-dealkylation sites (tertiary alicyclic amines) is 1. The van der Waals surface area contributed by atoms with E-state index < -0.39 is 9.84 Å². The molecule has 0 N–H and O–H groups in total. The minimum absolute atomic E-state index is 0.150. The predicted molar refractivity (Wildman–Crippen MR) is 58.9 cm³/mol. The normalized spacial score (nSPS) is 18.6. The van der Waals surface area contributed by atoms with E-state index in [4.69, 9.17) is 5.26 Å². The predicted octanol–water partition coefficient (Wildman–Crippen LogP) is 1.15. The molecule has 0 saturated carbocycles.